The van der Waals surface area contributed by atoms with Crippen LogP contribution in [0.3, 0.4) is 0 Å². The molecular formula is C24H23ClFN7O2. The van der Waals surface area contributed by atoms with Crippen LogP contribution in [-0.2, 0) is 4.79 Å². The first-order valence-electron chi connectivity index (χ1n) is 11.2. The van der Waals surface area contributed by atoms with E-state index in [4.69, 9.17) is 16.6 Å². The molecule has 4 aromatic rings. The minimum absolute atomic E-state index is 0.294. The van der Waals surface area contributed by atoms with Crippen molar-refractivity contribution in [3.63, 3.8) is 0 Å². The average Bonchev–Trinajstić information content (AvgIpc) is 3.35. The van der Waals surface area contributed by atoms with Gasteiger partial charge >= 0.3 is 5.97 Å². The van der Waals surface area contributed by atoms with Crippen molar-refractivity contribution < 1.29 is 14.3 Å². The topological polar surface area (TPSA) is 119 Å². The summed E-state index contributed by atoms with van der Waals surface area (Å²) in [6, 6.07) is 9.40. The Kier molecular flexibility index (Phi) is 6.58. The first-order chi connectivity index (χ1) is 17.0. The molecule has 1 fully saturated rings. The molecule has 0 bridgehead atoms. The molecule has 1 aromatic carbocycles. The van der Waals surface area contributed by atoms with Crippen molar-refractivity contribution in [3.05, 3.63) is 59.6 Å². The van der Waals surface area contributed by atoms with Crippen LogP contribution in [0.15, 0.2) is 48.8 Å². The zero-order valence-corrected chi connectivity index (χ0v) is 19.4. The zero-order chi connectivity index (χ0) is 24.4. The molecule has 0 aliphatic carbocycles. The van der Waals surface area contributed by atoms with Crippen LogP contribution in [0.5, 0.6) is 0 Å². The molecule has 4 N–H and O–H groups in total. The number of anilines is 1. The molecule has 180 valence electrons. The van der Waals surface area contributed by atoms with Gasteiger partial charge in [-0.25, -0.2) is 9.37 Å². The summed E-state index contributed by atoms with van der Waals surface area (Å²) in [5, 5.41) is 23.0. The third kappa shape index (κ3) is 5.09. The van der Waals surface area contributed by atoms with E-state index in [9.17, 15) is 14.3 Å². The Morgan fingerprint density at radius 3 is 2.97 bits per heavy atom. The number of carboxylic acids is 1. The summed E-state index contributed by atoms with van der Waals surface area (Å²) in [5.41, 5.74) is 4.21. The molecule has 0 saturated carbocycles. The predicted molar refractivity (Wildman–Crippen MR) is 132 cm³/mol. The van der Waals surface area contributed by atoms with Crippen molar-refractivity contribution in [1.29, 1.82) is 0 Å². The maximum Gasteiger partial charge on any atom is 0.322 e. The molecule has 1 saturated heterocycles. The Morgan fingerprint density at radius 1 is 1.23 bits per heavy atom. The number of H-pyrrole nitrogens is 1. The highest BCUT2D eigenvalue weighted by atomic mass is 35.5. The molecule has 11 heteroatoms. The molecular weight excluding hydrogens is 473 g/mol. The number of aromatic amines is 1. The van der Waals surface area contributed by atoms with E-state index in [2.05, 4.69) is 30.7 Å². The van der Waals surface area contributed by atoms with Gasteiger partial charge in [0.25, 0.3) is 0 Å². The van der Waals surface area contributed by atoms with Gasteiger partial charge in [-0.2, -0.15) is 5.10 Å². The minimum Gasteiger partial charge on any atom is -0.480 e. The van der Waals surface area contributed by atoms with E-state index in [1.807, 2.05) is 18.2 Å². The number of nitrogens with zero attached hydrogens (tertiary/aromatic N) is 4. The number of hydrogen-bond acceptors (Lipinski definition) is 7. The Bertz CT molecular complexity index is 1380. The van der Waals surface area contributed by atoms with E-state index in [0.29, 0.717) is 59.2 Å². The largest absolute Gasteiger partial charge is 0.480 e. The first kappa shape index (κ1) is 23.2. The van der Waals surface area contributed by atoms with Crippen molar-refractivity contribution in [3.8, 4) is 22.5 Å². The van der Waals surface area contributed by atoms with Crippen LogP contribution in [0.25, 0.3) is 33.5 Å². The lowest BCUT2D eigenvalue weighted by Gasteiger charge is -2.31. The van der Waals surface area contributed by atoms with E-state index in [1.165, 1.54) is 18.2 Å². The first-order valence-corrected chi connectivity index (χ1v) is 11.5. The summed E-state index contributed by atoms with van der Waals surface area (Å²) < 4.78 is 14.5. The molecule has 1 aliphatic heterocycles. The Hall–Kier alpha value is -3.60. The maximum absolute atomic E-state index is 14.5. The molecule has 1 unspecified atom stereocenters. The van der Waals surface area contributed by atoms with Crippen LogP contribution < -0.4 is 10.6 Å². The molecule has 0 amide bonds. The van der Waals surface area contributed by atoms with Crippen LogP contribution in [0, 0.1) is 5.82 Å². The monoisotopic (exact) mass is 495 g/mol. The number of carbonyl (C=O) groups is 1. The van der Waals surface area contributed by atoms with Gasteiger partial charge in [0.1, 0.15) is 17.6 Å². The smallest absolute Gasteiger partial charge is 0.322 e. The van der Waals surface area contributed by atoms with E-state index >= 15 is 0 Å². The van der Waals surface area contributed by atoms with Crippen molar-refractivity contribution in [2.24, 2.45) is 0 Å². The fraction of sp³-hybridized carbons (Fsp3) is 0.250. The van der Waals surface area contributed by atoms with E-state index in [-0.39, 0.29) is 0 Å². The second-order valence-electron chi connectivity index (χ2n) is 8.30. The van der Waals surface area contributed by atoms with Crippen molar-refractivity contribution in [1.82, 2.24) is 30.4 Å². The van der Waals surface area contributed by atoms with Crippen molar-refractivity contribution in [2.45, 2.75) is 6.04 Å². The highest BCUT2D eigenvalue weighted by Crippen LogP contribution is 2.33. The molecule has 1 atom stereocenters. The average molecular weight is 496 g/mol. The van der Waals surface area contributed by atoms with E-state index in [0.717, 1.165) is 17.7 Å². The van der Waals surface area contributed by atoms with Gasteiger partial charge in [-0.05, 0) is 36.4 Å². The third-order valence-electron chi connectivity index (χ3n) is 5.95. The van der Waals surface area contributed by atoms with Crippen LogP contribution in [0.1, 0.15) is 0 Å². The van der Waals surface area contributed by atoms with Gasteiger partial charge in [0.2, 0.25) is 0 Å². The number of nitrogens with one attached hydrogen (secondary N) is 3. The van der Waals surface area contributed by atoms with E-state index in [1.54, 1.807) is 12.4 Å². The Balaban J connectivity index is 1.33. The number of fused-ring (bicyclic) bond motifs is 1. The molecule has 1 aliphatic rings. The second-order valence-corrected chi connectivity index (χ2v) is 8.74. The fourth-order valence-electron chi connectivity index (χ4n) is 4.16. The summed E-state index contributed by atoms with van der Waals surface area (Å²) in [5.74, 6) is -1.25. The van der Waals surface area contributed by atoms with Crippen molar-refractivity contribution in [2.75, 3.05) is 38.0 Å². The van der Waals surface area contributed by atoms with Gasteiger partial charge < -0.3 is 15.7 Å². The van der Waals surface area contributed by atoms with Gasteiger partial charge in [-0.3, -0.25) is 19.8 Å². The SMILES string of the molecule is O=C(O)C1CN(CCNc2cnc3ccc(-c4c[nH]nc4-c4cc(Cl)ccc4F)nc3c2)CCN1. The number of halogens is 2. The fourth-order valence-corrected chi connectivity index (χ4v) is 4.33. The molecule has 0 radical (unpaired) electrons. The molecule has 4 heterocycles. The van der Waals surface area contributed by atoms with E-state index < -0.39 is 17.8 Å². The number of benzene rings is 1. The second kappa shape index (κ2) is 9.95. The number of hydrogen-bond donors (Lipinski definition) is 4. The number of pyridine rings is 2. The Labute approximate surface area is 205 Å². The van der Waals surface area contributed by atoms with Gasteiger partial charge in [-0.15, -0.1) is 0 Å². The van der Waals surface area contributed by atoms with Gasteiger partial charge in [0.15, 0.2) is 0 Å². The lowest BCUT2D eigenvalue weighted by molar-refractivity contribution is -0.140. The molecule has 3 aromatic heterocycles. The molecule has 5 rings (SSSR count). The summed E-state index contributed by atoms with van der Waals surface area (Å²) >= 11 is 6.07. The highest BCUT2D eigenvalue weighted by Gasteiger charge is 2.24. The number of piperazine rings is 1. The standard InChI is InChI=1S/C24H23ClFN7O2/c25-14-1-2-18(26)16(9-14)23-17(12-30-32-23)19-3-4-20-21(31-19)10-15(11-29-20)27-5-7-33-8-6-28-22(13-33)24(34)35/h1-4,9-12,22,27-28H,5-8,13H2,(H,30,32)(H,34,35). The van der Waals surface area contributed by atoms with Crippen molar-refractivity contribution >= 4 is 34.3 Å². The normalized spacial score (nSPS) is 16.5. The molecule has 9 nitrogen and oxygen atoms in total. The van der Waals surface area contributed by atoms with Crippen LogP contribution >= 0.6 is 11.6 Å². The van der Waals surface area contributed by atoms with Crippen LogP contribution in [0.4, 0.5) is 10.1 Å². The van der Waals surface area contributed by atoms with Gasteiger partial charge in [0.05, 0.1) is 28.6 Å². The molecule has 35 heavy (non-hydrogen) atoms. The Morgan fingerprint density at radius 2 is 2.11 bits per heavy atom. The van der Waals surface area contributed by atoms with Crippen LogP contribution in [0.2, 0.25) is 5.02 Å². The van der Waals surface area contributed by atoms with Gasteiger partial charge in [-0.1, -0.05) is 11.6 Å². The zero-order valence-electron chi connectivity index (χ0n) is 18.6. The maximum atomic E-state index is 14.5. The number of aliphatic carboxylic acids is 1. The quantitative estimate of drug-likeness (QED) is 0.308. The number of rotatable bonds is 7. The highest BCUT2D eigenvalue weighted by molar-refractivity contribution is 6.30. The summed E-state index contributed by atoms with van der Waals surface area (Å²) in [6.07, 6.45) is 3.42. The minimum atomic E-state index is -0.831. The number of carboxylic acid groups (broad SMARTS) is 1. The summed E-state index contributed by atoms with van der Waals surface area (Å²) in [6.45, 7) is 3.26. The lowest BCUT2D eigenvalue weighted by atomic mass is 10.0. The van der Waals surface area contributed by atoms with Gasteiger partial charge in [0, 0.05) is 55.1 Å². The summed E-state index contributed by atoms with van der Waals surface area (Å²) in [4.78, 5) is 22.6. The summed E-state index contributed by atoms with van der Waals surface area (Å²) in [7, 11) is 0. The van der Waals surface area contributed by atoms with Crippen LogP contribution in [-0.4, -0.2) is 74.9 Å². The molecule has 0 spiro atoms. The lowest BCUT2D eigenvalue weighted by Crippen LogP contribution is -2.54. The number of aromatic nitrogens is 4. The third-order valence-corrected chi connectivity index (χ3v) is 6.19. The predicted octanol–water partition coefficient (Wildman–Crippen LogP) is 3.25.